The molecule has 0 saturated heterocycles. The van der Waals surface area contributed by atoms with Crippen molar-refractivity contribution in [2.45, 2.75) is 38.3 Å². The number of nitrogens with zero attached hydrogens (tertiary/aromatic N) is 1. The van der Waals surface area contributed by atoms with Gasteiger partial charge in [0.25, 0.3) is 0 Å². The van der Waals surface area contributed by atoms with Crippen molar-refractivity contribution in [3.8, 4) is 0 Å². The molecule has 2 N–H and O–H groups in total. The van der Waals surface area contributed by atoms with E-state index in [9.17, 15) is 8.42 Å². The molecule has 2 unspecified atom stereocenters. The highest BCUT2D eigenvalue weighted by Gasteiger charge is 2.32. The third-order valence-corrected chi connectivity index (χ3v) is 4.31. The van der Waals surface area contributed by atoms with Crippen LogP contribution in [0, 0.1) is 0 Å². The van der Waals surface area contributed by atoms with Crippen LogP contribution in [0.3, 0.4) is 0 Å². The molecule has 4 nitrogen and oxygen atoms in total. The van der Waals surface area contributed by atoms with Crippen molar-refractivity contribution in [2.24, 2.45) is 5.73 Å². The van der Waals surface area contributed by atoms with Gasteiger partial charge >= 0.3 is 0 Å². The first-order valence-electron chi connectivity index (χ1n) is 5.24. The van der Waals surface area contributed by atoms with Gasteiger partial charge in [0.1, 0.15) is 9.84 Å². The summed E-state index contributed by atoms with van der Waals surface area (Å²) in [6.45, 7) is 4.14. The molecule has 0 aliphatic carbocycles. The van der Waals surface area contributed by atoms with Crippen LogP contribution in [0.2, 0.25) is 0 Å². The largest absolute Gasteiger partial charge is 0.326 e. The van der Waals surface area contributed by atoms with E-state index in [2.05, 4.69) is 18.7 Å². The maximum absolute atomic E-state index is 11.1. The molecule has 0 aliphatic heterocycles. The first kappa shape index (κ1) is 14.9. The maximum Gasteiger partial charge on any atom is 0.147 e. The van der Waals surface area contributed by atoms with Crippen molar-refractivity contribution in [1.82, 2.24) is 4.90 Å². The van der Waals surface area contributed by atoms with Crippen LogP contribution in [0.15, 0.2) is 0 Å². The summed E-state index contributed by atoms with van der Waals surface area (Å²) in [5.41, 5.74) is 5.93. The molecule has 5 heteroatoms. The van der Waals surface area contributed by atoms with Crippen molar-refractivity contribution >= 4 is 9.84 Å². The Hall–Kier alpha value is -0.130. The van der Waals surface area contributed by atoms with E-state index in [1.54, 1.807) is 0 Å². The van der Waals surface area contributed by atoms with Gasteiger partial charge in [0, 0.05) is 17.8 Å². The Morgan fingerprint density at radius 2 is 1.87 bits per heavy atom. The lowest BCUT2D eigenvalue weighted by atomic mass is 9.87. The van der Waals surface area contributed by atoms with E-state index in [1.165, 1.54) is 6.26 Å². The molecular weight excluding hydrogens is 212 g/mol. The number of nitrogens with two attached hydrogens (primary N) is 1. The second-order valence-electron chi connectivity index (χ2n) is 4.63. The molecule has 0 fully saturated rings. The molecule has 0 aromatic heterocycles. The second-order valence-corrected chi connectivity index (χ2v) is 6.89. The Morgan fingerprint density at radius 3 is 2.13 bits per heavy atom. The van der Waals surface area contributed by atoms with E-state index in [1.807, 2.05) is 14.1 Å². The van der Waals surface area contributed by atoms with Gasteiger partial charge in [0.2, 0.25) is 0 Å². The van der Waals surface area contributed by atoms with Gasteiger partial charge < -0.3 is 10.6 Å². The summed E-state index contributed by atoms with van der Waals surface area (Å²) < 4.78 is 22.1. The lowest BCUT2D eigenvalue weighted by molar-refractivity contribution is 0.130. The molecule has 0 bridgehead atoms. The van der Waals surface area contributed by atoms with Crippen molar-refractivity contribution in [3.05, 3.63) is 0 Å². The molecular formula is C10H24N2O2S. The first-order valence-corrected chi connectivity index (χ1v) is 7.30. The summed E-state index contributed by atoms with van der Waals surface area (Å²) in [6.07, 6.45) is 2.67. The van der Waals surface area contributed by atoms with E-state index in [4.69, 9.17) is 5.73 Å². The molecule has 0 aromatic rings. The van der Waals surface area contributed by atoms with Gasteiger partial charge in [0.05, 0.1) is 5.75 Å². The summed E-state index contributed by atoms with van der Waals surface area (Å²) in [5, 5.41) is 0. The fourth-order valence-electron chi connectivity index (χ4n) is 1.56. The summed E-state index contributed by atoms with van der Waals surface area (Å²) in [6, 6.07) is -0.118. The Balaban J connectivity index is 4.48. The monoisotopic (exact) mass is 236 g/mol. The second kappa shape index (κ2) is 5.27. The number of hydrogen-bond acceptors (Lipinski definition) is 4. The van der Waals surface area contributed by atoms with Crippen molar-refractivity contribution < 1.29 is 8.42 Å². The lowest BCUT2D eigenvalue weighted by Gasteiger charge is -2.40. The Kier molecular flexibility index (Phi) is 5.23. The average molecular weight is 236 g/mol. The summed E-state index contributed by atoms with van der Waals surface area (Å²) >= 11 is 0. The minimum atomic E-state index is -2.91. The maximum atomic E-state index is 11.1. The minimum Gasteiger partial charge on any atom is -0.326 e. The van der Waals surface area contributed by atoms with E-state index in [0.717, 1.165) is 6.42 Å². The normalized spacial score (nSPS) is 18.9. The third kappa shape index (κ3) is 4.49. The fraction of sp³-hybridized carbons (Fsp3) is 1.00. The van der Waals surface area contributed by atoms with Crippen LogP contribution in [-0.2, 0) is 9.84 Å². The molecule has 15 heavy (non-hydrogen) atoms. The predicted molar refractivity (Wildman–Crippen MR) is 64.7 cm³/mol. The molecule has 0 saturated carbocycles. The number of sulfone groups is 1. The first-order chi connectivity index (χ1) is 6.63. The topological polar surface area (TPSA) is 63.4 Å². The summed E-state index contributed by atoms with van der Waals surface area (Å²) in [7, 11) is 1.04. The Bertz CT molecular complexity index is 288. The lowest BCUT2D eigenvalue weighted by Crippen LogP contribution is -2.55. The highest BCUT2D eigenvalue weighted by atomic mass is 32.2. The highest BCUT2D eigenvalue weighted by molar-refractivity contribution is 7.90. The summed E-state index contributed by atoms with van der Waals surface area (Å²) in [5.74, 6) is 0.164. The van der Waals surface area contributed by atoms with Gasteiger partial charge in [-0.15, -0.1) is 0 Å². The van der Waals surface area contributed by atoms with Crippen molar-refractivity contribution in [1.29, 1.82) is 0 Å². The van der Waals surface area contributed by atoms with E-state index in [-0.39, 0.29) is 17.3 Å². The quantitative estimate of drug-likeness (QED) is 0.728. The molecule has 0 radical (unpaired) electrons. The molecule has 0 spiro atoms. The fourth-order valence-corrected chi connectivity index (χ4v) is 2.24. The number of rotatable bonds is 6. The van der Waals surface area contributed by atoms with Crippen molar-refractivity contribution in [3.63, 3.8) is 0 Å². The molecule has 0 aromatic carbocycles. The van der Waals surface area contributed by atoms with Gasteiger partial charge in [-0.05, 0) is 33.9 Å². The predicted octanol–water partition coefficient (Wildman–Crippen LogP) is 0.479. The Morgan fingerprint density at radius 1 is 1.40 bits per heavy atom. The standard InChI is InChI=1S/C10H24N2O2S/c1-6-10(2,12(3)4)9(11)7-8-15(5,13)14/h9H,6-8,11H2,1-5H3. The van der Waals surface area contributed by atoms with Crippen LogP contribution >= 0.6 is 0 Å². The minimum absolute atomic E-state index is 0.118. The molecule has 0 aliphatic rings. The smallest absolute Gasteiger partial charge is 0.147 e. The van der Waals surface area contributed by atoms with Crippen LogP contribution in [0.4, 0.5) is 0 Å². The zero-order valence-electron chi connectivity index (χ0n) is 10.4. The van der Waals surface area contributed by atoms with Gasteiger partial charge in [-0.2, -0.15) is 0 Å². The van der Waals surface area contributed by atoms with Crippen LogP contribution in [0.25, 0.3) is 0 Å². The average Bonchev–Trinajstić information content (AvgIpc) is 2.11. The van der Waals surface area contributed by atoms with Crippen LogP contribution < -0.4 is 5.73 Å². The highest BCUT2D eigenvalue weighted by Crippen LogP contribution is 2.21. The van der Waals surface area contributed by atoms with Crippen LogP contribution in [0.1, 0.15) is 26.7 Å². The third-order valence-electron chi connectivity index (χ3n) is 3.34. The molecule has 0 amide bonds. The number of likely N-dealkylation sites (N-methyl/N-ethyl adjacent to an activating group) is 1. The van der Waals surface area contributed by atoms with Crippen LogP contribution in [0.5, 0.6) is 0 Å². The van der Waals surface area contributed by atoms with E-state index in [0.29, 0.717) is 6.42 Å². The van der Waals surface area contributed by atoms with Crippen LogP contribution in [-0.4, -0.2) is 51.0 Å². The zero-order chi connectivity index (χ0) is 12.3. The SMILES string of the molecule is CCC(C)(C(N)CCS(C)(=O)=O)N(C)C. The van der Waals surface area contributed by atoms with E-state index >= 15 is 0 Å². The van der Waals surface area contributed by atoms with Gasteiger partial charge in [-0.25, -0.2) is 8.42 Å². The van der Waals surface area contributed by atoms with Gasteiger partial charge in [-0.1, -0.05) is 6.92 Å². The molecule has 92 valence electrons. The summed E-state index contributed by atoms with van der Waals surface area (Å²) in [4.78, 5) is 2.07. The molecule has 2 atom stereocenters. The van der Waals surface area contributed by atoms with Gasteiger partial charge in [0.15, 0.2) is 0 Å². The van der Waals surface area contributed by atoms with Crippen molar-refractivity contribution in [2.75, 3.05) is 26.1 Å². The van der Waals surface area contributed by atoms with E-state index < -0.39 is 9.84 Å². The molecule has 0 rings (SSSR count). The van der Waals surface area contributed by atoms with Gasteiger partial charge in [-0.3, -0.25) is 0 Å². The number of hydrogen-bond donors (Lipinski definition) is 1. The Labute approximate surface area is 93.7 Å². The molecule has 0 heterocycles. The zero-order valence-corrected chi connectivity index (χ0v) is 11.3.